The lowest BCUT2D eigenvalue weighted by Crippen LogP contribution is -1.74. The van der Waals surface area contributed by atoms with Crippen molar-refractivity contribution in [1.29, 1.82) is 0 Å². The largest absolute Gasteiger partial charge is 0.441 e. The molecule has 0 aliphatic heterocycles. The van der Waals surface area contributed by atoms with Crippen molar-refractivity contribution in [3.8, 4) is 0 Å². The number of rotatable bonds is 0. The predicted molar refractivity (Wildman–Crippen MR) is 48.5 cm³/mol. The minimum atomic E-state index is 0. The van der Waals surface area contributed by atoms with E-state index in [-0.39, 0.29) is 6.15 Å². The van der Waals surface area contributed by atoms with Gasteiger partial charge in [0.15, 0.2) is 11.5 Å². The van der Waals surface area contributed by atoms with Gasteiger partial charge in [0.1, 0.15) is 5.52 Å². The van der Waals surface area contributed by atoms with Crippen molar-refractivity contribution in [2.45, 2.75) is 13.8 Å². The first-order valence-corrected chi connectivity index (χ1v) is 3.60. The molecule has 0 saturated heterocycles. The summed E-state index contributed by atoms with van der Waals surface area (Å²) in [5.74, 6) is 0.731. The van der Waals surface area contributed by atoms with Gasteiger partial charge in [-0.15, -0.1) is 0 Å². The molecule has 0 bridgehead atoms. The van der Waals surface area contributed by atoms with Crippen LogP contribution < -0.4 is 6.15 Å². The summed E-state index contributed by atoms with van der Waals surface area (Å²) in [5.41, 5.74) is 3.02. The molecule has 0 saturated carbocycles. The first-order valence-electron chi connectivity index (χ1n) is 3.60. The molecule has 12 heavy (non-hydrogen) atoms. The highest BCUT2D eigenvalue weighted by Gasteiger charge is 2.02. The summed E-state index contributed by atoms with van der Waals surface area (Å²) < 4.78 is 5.34. The van der Waals surface area contributed by atoms with Gasteiger partial charge in [-0.05, 0) is 18.6 Å². The maximum Gasteiger partial charge on any atom is 0.192 e. The number of hydrogen-bond donors (Lipinski definition) is 1. The summed E-state index contributed by atoms with van der Waals surface area (Å²) in [5, 5.41) is 0. The van der Waals surface area contributed by atoms with Gasteiger partial charge in [-0.1, -0.05) is 12.1 Å². The smallest absolute Gasteiger partial charge is 0.192 e. The maximum absolute atomic E-state index is 5.34. The Bertz CT molecular complexity index is 392. The van der Waals surface area contributed by atoms with Crippen molar-refractivity contribution in [2.24, 2.45) is 0 Å². The normalized spacial score (nSPS) is 9.83. The SMILES string of the molecule is Cc1nc2c(C)cccc2o1.N. The highest BCUT2D eigenvalue weighted by Crippen LogP contribution is 2.17. The fraction of sp³-hybridized carbons (Fsp3) is 0.222. The summed E-state index contributed by atoms with van der Waals surface area (Å²) >= 11 is 0. The molecule has 2 rings (SSSR count). The number of nitrogens with zero attached hydrogens (tertiary/aromatic N) is 1. The van der Waals surface area contributed by atoms with Crippen LogP contribution in [0.25, 0.3) is 11.1 Å². The summed E-state index contributed by atoms with van der Waals surface area (Å²) in [6, 6.07) is 5.94. The van der Waals surface area contributed by atoms with E-state index >= 15 is 0 Å². The minimum Gasteiger partial charge on any atom is -0.441 e. The van der Waals surface area contributed by atoms with Crippen molar-refractivity contribution in [3.63, 3.8) is 0 Å². The van der Waals surface area contributed by atoms with Crippen LogP contribution in [0.3, 0.4) is 0 Å². The van der Waals surface area contributed by atoms with Gasteiger partial charge in [0.2, 0.25) is 0 Å². The van der Waals surface area contributed by atoms with Crippen molar-refractivity contribution in [2.75, 3.05) is 0 Å². The van der Waals surface area contributed by atoms with Crippen LogP contribution in [0.2, 0.25) is 0 Å². The summed E-state index contributed by atoms with van der Waals surface area (Å²) in [6.45, 7) is 3.89. The van der Waals surface area contributed by atoms with E-state index in [1.54, 1.807) is 0 Å². The molecule has 1 aromatic heterocycles. The number of aromatic nitrogens is 1. The second-order valence-corrected chi connectivity index (χ2v) is 2.65. The molecular formula is C9H12N2O. The van der Waals surface area contributed by atoms with E-state index in [2.05, 4.69) is 4.98 Å². The molecule has 3 nitrogen and oxygen atoms in total. The van der Waals surface area contributed by atoms with E-state index < -0.39 is 0 Å². The average Bonchev–Trinajstić information content (AvgIpc) is 2.31. The van der Waals surface area contributed by atoms with Gasteiger partial charge < -0.3 is 10.6 Å². The zero-order valence-corrected chi connectivity index (χ0v) is 7.29. The zero-order chi connectivity index (χ0) is 7.84. The van der Waals surface area contributed by atoms with E-state index in [1.165, 1.54) is 5.56 Å². The first-order chi connectivity index (χ1) is 5.27. The van der Waals surface area contributed by atoms with Gasteiger partial charge >= 0.3 is 0 Å². The van der Waals surface area contributed by atoms with Crippen molar-refractivity contribution in [3.05, 3.63) is 29.7 Å². The monoisotopic (exact) mass is 164 g/mol. The molecule has 0 aliphatic rings. The van der Waals surface area contributed by atoms with Gasteiger partial charge in [-0.25, -0.2) is 4.98 Å². The van der Waals surface area contributed by atoms with Crippen molar-refractivity contribution >= 4 is 11.1 Å². The second kappa shape index (κ2) is 2.95. The van der Waals surface area contributed by atoms with E-state index in [4.69, 9.17) is 4.42 Å². The Labute approximate surface area is 71.0 Å². The molecule has 0 aliphatic carbocycles. The Hall–Kier alpha value is -1.35. The van der Waals surface area contributed by atoms with Crippen LogP contribution in [0.5, 0.6) is 0 Å². The van der Waals surface area contributed by atoms with E-state index in [0.29, 0.717) is 0 Å². The van der Waals surface area contributed by atoms with Gasteiger partial charge in [0, 0.05) is 6.92 Å². The van der Waals surface area contributed by atoms with Crippen LogP contribution >= 0.6 is 0 Å². The van der Waals surface area contributed by atoms with E-state index in [0.717, 1.165) is 17.0 Å². The van der Waals surface area contributed by atoms with Crippen LogP contribution in [-0.2, 0) is 0 Å². The molecule has 64 valence electrons. The first kappa shape index (κ1) is 8.74. The second-order valence-electron chi connectivity index (χ2n) is 2.65. The molecule has 0 spiro atoms. The predicted octanol–water partition coefficient (Wildman–Crippen LogP) is 2.61. The number of oxazole rings is 1. The fourth-order valence-electron chi connectivity index (χ4n) is 1.20. The third-order valence-corrected chi connectivity index (χ3v) is 1.73. The Morgan fingerprint density at radius 1 is 1.25 bits per heavy atom. The van der Waals surface area contributed by atoms with Gasteiger partial charge in [0.25, 0.3) is 0 Å². The molecule has 3 N–H and O–H groups in total. The molecule has 0 amide bonds. The summed E-state index contributed by atoms with van der Waals surface area (Å²) in [4.78, 5) is 4.25. The summed E-state index contributed by atoms with van der Waals surface area (Å²) in [7, 11) is 0. The van der Waals surface area contributed by atoms with Gasteiger partial charge in [-0.3, -0.25) is 0 Å². The van der Waals surface area contributed by atoms with Crippen LogP contribution in [-0.4, -0.2) is 4.98 Å². The molecule has 1 heterocycles. The lowest BCUT2D eigenvalue weighted by molar-refractivity contribution is 0.561. The Kier molecular flexibility index (Phi) is 2.15. The van der Waals surface area contributed by atoms with E-state index in [1.807, 2.05) is 32.0 Å². The molecule has 0 unspecified atom stereocenters. The topological polar surface area (TPSA) is 61.0 Å². The third-order valence-electron chi connectivity index (χ3n) is 1.73. The number of hydrogen-bond acceptors (Lipinski definition) is 3. The maximum atomic E-state index is 5.34. The van der Waals surface area contributed by atoms with E-state index in [9.17, 15) is 0 Å². The quantitative estimate of drug-likeness (QED) is 0.651. The highest BCUT2D eigenvalue weighted by molar-refractivity contribution is 5.76. The van der Waals surface area contributed by atoms with Crippen LogP contribution in [0.1, 0.15) is 11.5 Å². The lowest BCUT2D eigenvalue weighted by Gasteiger charge is -1.88. The van der Waals surface area contributed by atoms with Crippen LogP contribution in [0, 0.1) is 13.8 Å². The fourth-order valence-corrected chi connectivity index (χ4v) is 1.20. The Morgan fingerprint density at radius 2 is 2.00 bits per heavy atom. The van der Waals surface area contributed by atoms with Crippen molar-refractivity contribution < 1.29 is 4.42 Å². The lowest BCUT2D eigenvalue weighted by atomic mass is 10.2. The molecule has 0 radical (unpaired) electrons. The number of fused-ring (bicyclic) bond motifs is 1. The minimum absolute atomic E-state index is 0. The standard InChI is InChI=1S/C9H9NO.H3N/c1-6-4-3-5-8-9(6)10-7(2)11-8;/h3-5H,1-2H3;1H3. The molecule has 0 atom stereocenters. The van der Waals surface area contributed by atoms with Crippen LogP contribution in [0.4, 0.5) is 0 Å². The number of benzene rings is 1. The molecule has 2 aromatic rings. The molecule has 0 fully saturated rings. The summed E-state index contributed by atoms with van der Waals surface area (Å²) in [6.07, 6.45) is 0. The average molecular weight is 164 g/mol. The zero-order valence-electron chi connectivity index (χ0n) is 7.29. The molecule has 1 aromatic carbocycles. The molecular weight excluding hydrogens is 152 g/mol. The van der Waals surface area contributed by atoms with Gasteiger partial charge in [0.05, 0.1) is 0 Å². The van der Waals surface area contributed by atoms with Crippen molar-refractivity contribution in [1.82, 2.24) is 11.1 Å². The Balaban J connectivity index is 0.000000720. The number of para-hydroxylation sites is 1. The molecule has 3 heteroatoms. The third kappa shape index (κ3) is 1.19. The highest BCUT2D eigenvalue weighted by atomic mass is 16.3. The number of aryl methyl sites for hydroxylation is 2. The van der Waals surface area contributed by atoms with Crippen LogP contribution in [0.15, 0.2) is 22.6 Å². The Morgan fingerprint density at radius 3 is 2.67 bits per heavy atom. The van der Waals surface area contributed by atoms with Gasteiger partial charge in [-0.2, -0.15) is 0 Å².